The summed E-state index contributed by atoms with van der Waals surface area (Å²) in [5, 5.41) is 7.57. The van der Waals surface area contributed by atoms with Gasteiger partial charge in [0.2, 0.25) is 0 Å². The van der Waals surface area contributed by atoms with E-state index in [0.717, 1.165) is 44.0 Å². The molecule has 2 heterocycles. The second-order valence-corrected chi connectivity index (χ2v) is 5.30. The van der Waals surface area contributed by atoms with Gasteiger partial charge in [0.1, 0.15) is 5.69 Å². The van der Waals surface area contributed by atoms with E-state index in [-0.39, 0.29) is 5.91 Å². The van der Waals surface area contributed by atoms with Crippen LogP contribution in [0.5, 0.6) is 0 Å². The zero-order chi connectivity index (χ0) is 13.8. The zero-order valence-corrected chi connectivity index (χ0v) is 12.1. The third-order valence-electron chi connectivity index (χ3n) is 3.72. The Morgan fingerprint density at radius 3 is 3.05 bits per heavy atom. The van der Waals surface area contributed by atoms with E-state index < -0.39 is 0 Å². The molecule has 1 amide bonds. The number of nitrogens with one attached hydrogen (secondary N) is 1. The molecule has 0 radical (unpaired) electrons. The molecule has 1 aliphatic rings. The average molecular weight is 264 g/mol. The van der Waals surface area contributed by atoms with Crippen LogP contribution in [0.4, 0.5) is 0 Å². The van der Waals surface area contributed by atoms with Crippen LogP contribution in [0.1, 0.15) is 35.9 Å². The molecule has 5 nitrogen and oxygen atoms in total. The number of nitrogens with zero attached hydrogens (tertiary/aromatic N) is 3. The van der Waals surface area contributed by atoms with Crippen molar-refractivity contribution in [3.8, 4) is 0 Å². The summed E-state index contributed by atoms with van der Waals surface area (Å²) in [5.41, 5.74) is 1.64. The van der Waals surface area contributed by atoms with Gasteiger partial charge < -0.3 is 10.2 Å². The minimum absolute atomic E-state index is 0.128. The molecule has 1 N–H and O–H groups in total. The van der Waals surface area contributed by atoms with Crippen molar-refractivity contribution >= 4 is 5.91 Å². The standard InChI is InChI=1S/C14H24N4O/c1-4-18-13(8-11(2)16-18)14(19)17-7-5-6-12(10-17)9-15-3/h8,12,15H,4-7,9-10H2,1-3H3. The Morgan fingerprint density at radius 2 is 2.37 bits per heavy atom. The van der Waals surface area contributed by atoms with Crippen LogP contribution >= 0.6 is 0 Å². The lowest BCUT2D eigenvalue weighted by atomic mass is 9.98. The van der Waals surface area contributed by atoms with Gasteiger partial charge in [-0.25, -0.2) is 0 Å². The van der Waals surface area contributed by atoms with Crippen LogP contribution in [0.15, 0.2) is 6.07 Å². The first-order valence-corrected chi connectivity index (χ1v) is 7.14. The molecule has 0 saturated carbocycles. The molecule has 0 spiro atoms. The van der Waals surface area contributed by atoms with E-state index in [2.05, 4.69) is 10.4 Å². The largest absolute Gasteiger partial charge is 0.337 e. The highest BCUT2D eigenvalue weighted by Crippen LogP contribution is 2.18. The monoisotopic (exact) mass is 264 g/mol. The van der Waals surface area contributed by atoms with Crippen molar-refractivity contribution in [3.05, 3.63) is 17.5 Å². The highest BCUT2D eigenvalue weighted by molar-refractivity contribution is 5.92. The first-order chi connectivity index (χ1) is 9.15. The van der Waals surface area contributed by atoms with E-state index in [0.29, 0.717) is 5.92 Å². The van der Waals surface area contributed by atoms with E-state index in [1.807, 2.05) is 31.9 Å². The molecule has 1 aromatic heterocycles. The molecule has 1 atom stereocenters. The van der Waals surface area contributed by atoms with E-state index >= 15 is 0 Å². The molecule has 1 aliphatic heterocycles. The SMILES string of the molecule is CCn1nc(C)cc1C(=O)N1CCCC(CNC)C1. The van der Waals surface area contributed by atoms with Crippen LogP contribution < -0.4 is 5.32 Å². The summed E-state index contributed by atoms with van der Waals surface area (Å²) in [4.78, 5) is 14.6. The Hall–Kier alpha value is -1.36. The molecule has 1 unspecified atom stereocenters. The maximum atomic E-state index is 12.6. The van der Waals surface area contributed by atoms with Crippen molar-refractivity contribution < 1.29 is 4.79 Å². The maximum absolute atomic E-state index is 12.6. The lowest BCUT2D eigenvalue weighted by Crippen LogP contribution is -2.43. The normalized spacial score (nSPS) is 19.7. The van der Waals surface area contributed by atoms with Gasteiger partial charge in [-0.15, -0.1) is 0 Å². The number of carbonyl (C=O) groups excluding carboxylic acids is 1. The maximum Gasteiger partial charge on any atom is 0.272 e. The molecule has 2 rings (SSSR count). The quantitative estimate of drug-likeness (QED) is 0.891. The minimum atomic E-state index is 0.128. The van der Waals surface area contributed by atoms with Crippen molar-refractivity contribution in [1.29, 1.82) is 0 Å². The van der Waals surface area contributed by atoms with E-state index in [1.165, 1.54) is 6.42 Å². The van der Waals surface area contributed by atoms with Crippen LogP contribution in [-0.4, -0.2) is 47.3 Å². The number of carbonyl (C=O) groups is 1. The molecule has 106 valence electrons. The van der Waals surface area contributed by atoms with Crippen molar-refractivity contribution in [2.75, 3.05) is 26.7 Å². The fourth-order valence-electron chi connectivity index (χ4n) is 2.83. The number of aromatic nitrogens is 2. The van der Waals surface area contributed by atoms with Crippen molar-refractivity contribution in [1.82, 2.24) is 20.0 Å². The summed E-state index contributed by atoms with van der Waals surface area (Å²) in [6, 6.07) is 1.90. The van der Waals surface area contributed by atoms with Gasteiger partial charge in [0.25, 0.3) is 5.91 Å². The summed E-state index contributed by atoms with van der Waals surface area (Å²) >= 11 is 0. The molecule has 1 saturated heterocycles. The number of hydrogen-bond donors (Lipinski definition) is 1. The van der Waals surface area contributed by atoms with Crippen LogP contribution in [0.3, 0.4) is 0 Å². The summed E-state index contributed by atoms with van der Waals surface area (Å²) < 4.78 is 1.80. The summed E-state index contributed by atoms with van der Waals surface area (Å²) in [5.74, 6) is 0.699. The second-order valence-electron chi connectivity index (χ2n) is 5.30. The lowest BCUT2D eigenvalue weighted by molar-refractivity contribution is 0.0661. The van der Waals surface area contributed by atoms with Gasteiger partial charge in [0, 0.05) is 19.6 Å². The summed E-state index contributed by atoms with van der Waals surface area (Å²) in [6.07, 6.45) is 2.30. The van der Waals surface area contributed by atoms with Gasteiger partial charge in [-0.2, -0.15) is 5.10 Å². The molecular weight excluding hydrogens is 240 g/mol. The van der Waals surface area contributed by atoms with Crippen LogP contribution in [-0.2, 0) is 6.54 Å². The number of rotatable bonds is 4. The highest BCUT2D eigenvalue weighted by Gasteiger charge is 2.26. The lowest BCUT2D eigenvalue weighted by Gasteiger charge is -2.32. The second kappa shape index (κ2) is 6.19. The van der Waals surface area contributed by atoms with Crippen molar-refractivity contribution in [3.63, 3.8) is 0 Å². The molecule has 0 aromatic carbocycles. The van der Waals surface area contributed by atoms with Gasteiger partial charge in [-0.05, 0) is 52.3 Å². The van der Waals surface area contributed by atoms with Crippen LogP contribution in [0.2, 0.25) is 0 Å². The van der Waals surface area contributed by atoms with Crippen LogP contribution in [0, 0.1) is 12.8 Å². The van der Waals surface area contributed by atoms with Gasteiger partial charge in [0.15, 0.2) is 0 Å². The summed E-state index contributed by atoms with van der Waals surface area (Å²) in [6.45, 7) is 7.39. The third-order valence-corrected chi connectivity index (χ3v) is 3.72. The molecule has 5 heteroatoms. The Balaban J connectivity index is 2.10. The van der Waals surface area contributed by atoms with Crippen molar-refractivity contribution in [2.24, 2.45) is 5.92 Å². The predicted octanol–water partition coefficient (Wildman–Crippen LogP) is 1.28. The molecule has 0 bridgehead atoms. The van der Waals surface area contributed by atoms with E-state index in [4.69, 9.17) is 0 Å². The van der Waals surface area contributed by atoms with E-state index in [1.54, 1.807) is 4.68 Å². The first-order valence-electron chi connectivity index (χ1n) is 7.14. The number of piperidine rings is 1. The smallest absolute Gasteiger partial charge is 0.272 e. The molecule has 19 heavy (non-hydrogen) atoms. The Bertz CT molecular complexity index is 439. The fourth-order valence-corrected chi connectivity index (χ4v) is 2.83. The van der Waals surface area contributed by atoms with Gasteiger partial charge >= 0.3 is 0 Å². The van der Waals surface area contributed by atoms with Gasteiger partial charge in [0.05, 0.1) is 5.69 Å². The Kier molecular flexibility index (Phi) is 4.58. The Morgan fingerprint density at radius 1 is 1.58 bits per heavy atom. The number of aryl methyl sites for hydroxylation is 2. The average Bonchev–Trinajstić information content (AvgIpc) is 2.80. The number of likely N-dealkylation sites (tertiary alicyclic amines) is 1. The van der Waals surface area contributed by atoms with E-state index in [9.17, 15) is 4.79 Å². The van der Waals surface area contributed by atoms with Gasteiger partial charge in [-0.1, -0.05) is 0 Å². The topological polar surface area (TPSA) is 50.2 Å². The Labute approximate surface area is 115 Å². The fraction of sp³-hybridized carbons (Fsp3) is 0.714. The first kappa shape index (κ1) is 14.1. The highest BCUT2D eigenvalue weighted by atomic mass is 16.2. The van der Waals surface area contributed by atoms with Gasteiger partial charge in [-0.3, -0.25) is 9.48 Å². The molecule has 0 aliphatic carbocycles. The predicted molar refractivity (Wildman–Crippen MR) is 75.2 cm³/mol. The number of amides is 1. The van der Waals surface area contributed by atoms with Crippen molar-refractivity contribution in [2.45, 2.75) is 33.2 Å². The molecular formula is C14H24N4O. The third kappa shape index (κ3) is 3.15. The minimum Gasteiger partial charge on any atom is -0.337 e. The molecule has 1 fully saturated rings. The summed E-state index contributed by atoms with van der Waals surface area (Å²) in [7, 11) is 1.97. The number of hydrogen-bond acceptors (Lipinski definition) is 3. The zero-order valence-electron chi connectivity index (χ0n) is 12.1. The van der Waals surface area contributed by atoms with Crippen LogP contribution in [0.25, 0.3) is 0 Å². The molecule has 1 aromatic rings.